The quantitative estimate of drug-likeness (QED) is 0.111. The molecule has 3 nitrogen and oxygen atoms in total. The fourth-order valence-corrected chi connectivity index (χ4v) is 3.43. The number of nitrogens with zero attached hydrogens (tertiary/aromatic N) is 1. The highest BCUT2D eigenvalue weighted by Gasteiger charge is 3.00. The molecule has 0 rings (SSSR count). The van der Waals surface area contributed by atoms with Gasteiger partial charge in [0.05, 0.1) is 26.6 Å². The molecule has 0 amide bonds. The van der Waals surface area contributed by atoms with Gasteiger partial charge in [0.15, 0.2) is 6.17 Å². The number of alkyl halides is 28. The maximum Gasteiger partial charge on any atom is 0.460 e. The molecule has 0 aliphatic heterocycles. The van der Waals surface area contributed by atoms with Crippen LogP contribution in [0.4, 0.5) is 123 Å². The number of carboxylic acids is 1. The highest BCUT2D eigenvalue weighted by atomic mass is 19.4. The molecule has 0 aliphatic carbocycles. The zero-order valence-electron chi connectivity index (χ0n) is 23.5. The second-order valence-corrected chi connectivity index (χ2v) is 10.9. The van der Waals surface area contributed by atoms with Crippen LogP contribution in [0.15, 0.2) is 0 Å². The van der Waals surface area contributed by atoms with Crippen LogP contribution in [0.1, 0.15) is 6.42 Å². The van der Waals surface area contributed by atoms with Gasteiger partial charge in [0.25, 0.3) is 0 Å². The fraction of sp³-hybridized carbons (Fsp3) is 0.950. The first-order valence-corrected chi connectivity index (χ1v) is 11.8. The Balaban J connectivity index is 7.29. The summed E-state index contributed by atoms with van der Waals surface area (Å²) in [7, 11) is 1.20. The molecule has 0 aromatic heterocycles. The van der Waals surface area contributed by atoms with Crippen molar-refractivity contribution in [3.05, 3.63) is 0 Å². The first-order valence-electron chi connectivity index (χ1n) is 11.8. The molecule has 0 saturated carbocycles. The molecule has 0 spiro atoms. The van der Waals surface area contributed by atoms with Crippen molar-refractivity contribution < 1.29 is 137 Å². The number of aliphatic carboxylic acids is 1. The van der Waals surface area contributed by atoms with Crippen molar-refractivity contribution in [3.8, 4) is 0 Å². The second kappa shape index (κ2) is 12.5. The van der Waals surface area contributed by atoms with E-state index in [1.54, 1.807) is 0 Å². The molecule has 0 bridgehead atoms. The Labute approximate surface area is 261 Å². The van der Waals surface area contributed by atoms with Crippen molar-refractivity contribution in [2.24, 2.45) is 0 Å². The van der Waals surface area contributed by atoms with Crippen LogP contribution < -0.4 is 5.11 Å². The van der Waals surface area contributed by atoms with E-state index in [-0.39, 0.29) is 0 Å². The molecule has 31 heteroatoms. The first-order chi connectivity index (χ1) is 21.5. The Morgan fingerprint density at radius 2 is 0.667 bits per heavy atom. The number of hydrogen-bond donors (Lipinski definition) is 0. The molecule has 51 heavy (non-hydrogen) atoms. The average Bonchev–Trinajstić information content (AvgIpc) is 2.88. The molecule has 0 aromatic carbocycles. The van der Waals surface area contributed by atoms with Gasteiger partial charge in [0.2, 0.25) is 0 Å². The number of carbonyl (C=O) groups is 1. The van der Waals surface area contributed by atoms with Gasteiger partial charge >= 0.3 is 77.2 Å². The topological polar surface area (TPSA) is 40.1 Å². The number of halogens is 28. The monoisotopic (exact) mass is 831 g/mol. The summed E-state index contributed by atoms with van der Waals surface area (Å²) in [6.07, 6.45) is -15.8. The summed E-state index contributed by atoms with van der Waals surface area (Å²) in [6, 6.07) is 0. The number of likely N-dealkylation sites (N-methyl/N-ethyl adjacent to an activating group) is 1. The van der Waals surface area contributed by atoms with Gasteiger partial charge in [-0.1, -0.05) is 0 Å². The van der Waals surface area contributed by atoms with Gasteiger partial charge in [-0.15, -0.1) is 0 Å². The minimum absolute atomic E-state index is 0.600. The molecule has 1 atom stereocenters. The zero-order valence-corrected chi connectivity index (χ0v) is 23.5. The van der Waals surface area contributed by atoms with Crippen molar-refractivity contribution in [1.29, 1.82) is 0 Å². The van der Waals surface area contributed by atoms with Crippen molar-refractivity contribution in [3.63, 3.8) is 0 Å². The summed E-state index contributed by atoms with van der Waals surface area (Å²) in [4.78, 5) is 10.5. The Morgan fingerprint density at radius 3 is 0.882 bits per heavy atom. The van der Waals surface area contributed by atoms with Gasteiger partial charge in [-0.25, -0.2) is 4.39 Å². The van der Waals surface area contributed by atoms with E-state index in [0.29, 0.717) is 14.1 Å². The summed E-state index contributed by atoms with van der Waals surface area (Å²) in [6.45, 7) is -2.92. The number of quaternary nitrogens is 1. The first kappa shape index (κ1) is 48.5. The van der Waals surface area contributed by atoms with Gasteiger partial charge in [-0.3, -0.25) is 0 Å². The summed E-state index contributed by atoms with van der Waals surface area (Å²) < 4.78 is 378. The maximum atomic E-state index is 14.0. The SMILES string of the molecule is C[N+](C)(CCC(F)C(F)(F)C(F)(F)C(F)(F)C(F)(F)C(F)(F)C(F)(F)C(F)(F)C(F)(F)C(F)(F)C(F)(F)C(F)(F)C(F)(F)C(F)(F)F)CC(=O)[O-]. The van der Waals surface area contributed by atoms with E-state index >= 15 is 0 Å². The third-order valence-electron chi connectivity index (χ3n) is 6.66. The molecule has 1 unspecified atom stereocenters. The minimum Gasteiger partial charge on any atom is -0.544 e. The van der Waals surface area contributed by atoms with Crippen LogP contribution in [0.5, 0.6) is 0 Å². The molecule has 0 heterocycles. The van der Waals surface area contributed by atoms with Gasteiger partial charge < -0.3 is 14.4 Å². The van der Waals surface area contributed by atoms with Crippen molar-refractivity contribution in [1.82, 2.24) is 0 Å². The summed E-state index contributed by atoms with van der Waals surface area (Å²) in [5, 5.41) is 10.5. The van der Waals surface area contributed by atoms with Crippen LogP contribution in [0.25, 0.3) is 0 Å². The maximum absolute atomic E-state index is 14.0. The average molecular weight is 831 g/mol. The Morgan fingerprint density at radius 1 is 0.451 bits per heavy atom. The molecule has 0 fully saturated rings. The Hall–Kier alpha value is -2.53. The molecular weight excluding hydrogens is 818 g/mol. The lowest BCUT2D eigenvalue weighted by molar-refractivity contribution is -0.885. The second-order valence-electron chi connectivity index (χ2n) is 10.9. The predicted molar refractivity (Wildman–Crippen MR) is 102 cm³/mol. The van der Waals surface area contributed by atoms with E-state index in [9.17, 15) is 133 Å². The fourth-order valence-electron chi connectivity index (χ4n) is 3.43. The van der Waals surface area contributed by atoms with Gasteiger partial charge in [0, 0.05) is 6.42 Å². The molecule has 0 radical (unpaired) electrons. The number of rotatable bonds is 17. The molecular formula is C20H13F28NO2. The number of hydrogen-bond acceptors (Lipinski definition) is 2. The van der Waals surface area contributed by atoms with Crippen molar-refractivity contribution in [2.75, 3.05) is 27.2 Å². The highest BCUT2D eigenvalue weighted by Crippen LogP contribution is 2.68. The largest absolute Gasteiger partial charge is 0.544 e. The highest BCUT2D eigenvalue weighted by molar-refractivity contribution is 5.65. The van der Waals surface area contributed by atoms with E-state index in [1.807, 2.05) is 0 Å². The van der Waals surface area contributed by atoms with Crippen LogP contribution >= 0.6 is 0 Å². The molecule has 0 N–H and O–H groups in total. The smallest absolute Gasteiger partial charge is 0.460 e. The third-order valence-corrected chi connectivity index (χ3v) is 6.66. The van der Waals surface area contributed by atoms with Gasteiger partial charge in [0.1, 0.15) is 6.54 Å². The lowest BCUT2D eigenvalue weighted by Crippen LogP contribution is -2.79. The van der Waals surface area contributed by atoms with E-state index in [4.69, 9.17) is 0 Å². The molecule has 306 valence electrons. The lowest BCUT2D eigenvalue weighted by atomic mass is 9.83. The van der Waals surface area contributed by atoms with Gasteiger partial charge in [-0.2, -0.15) is 119 Å². The van der Waals surface area contributed by atoms with E-state index in [2.05, 4.69) is 0 Å². The van der Waals surface area contributed by atoms with Crippen LogP contribution in [0.3, 0.4) is 0 Å². The Kier molecular flexibility index (Phi) is 11.9. The molecule has 0 aromatic rings. The zero-order chi connectivity index (χ0) is 42.3. The standard InChI is InChI=1S/C20H13F28NO2/c1-49(2,5-7(50)51)4-3-6(21)8(22,23)9(24,25)10(26,27)11(28,29)12(30,31)13(32,33)14(34,35)15(36,37)16(38,39)17(40,41)18(42,43)19(44,45)20(46,47)48/h6H,3-5H2,1-2H3. The minimum atomic E-state index is -9.89. The summed E-state index contributed by atoms with van der Waals surface area (Å²) in [5.74, 6) is -114. The van der Waals surface area contributed by atoms with Crippen LogP contribution in [-0.2, 0) is 4.79 Å². The predicted octanol–water partition coefficient (Wildman–Crippen LogP) is 7.73. The van der Waals surface area contributed by atoms with E-state index in [1.165, 1.54) is 0 Å². The summed E-state index contributed by atoms with van der Waals surface area (Å²) in [5.41, 5.74) is 0. The van der Waals surface area contributed by atoms with E-state index < -0.39 is 113 Å². The van der Waals surface area contributed by atoms with Gasteiger partial charge in [-0.05, 0) is 0 Å². The van der Waals surface area contributed by atoms with E-state index in [0.717, 1.165) is 0 Å². The van der Waals surface area contributed by atoms with Crippen molar-refractivity contribution >= 4 is 5.97 Å². The molecule has 0 aliphatic rings. The summed E-state index contributed by atoms with van der Waals surface area (Å²) >= 11 is 0. The number of carbonyl (C=O) groups excluding carboxylic acids is 1. The van der Waals surface area contributed by atoms with Crippen LogP contribution in [0, 0.1) is 0 Å². The lowest BCUT2D eigenvalue weighted by Gasteiger charge is -2.46. The Bertz CT molecular complexity index is 1270. The van der Waals surface area contributed by atoms with Crippen LogP contribution in [0.2, 0.25) is 0 Å². The number of carboxylic acid groups (broad SMARTS) is 1. The molecule has 0 saturated heterocycles. The normalized spacial score (nSPS) is 17.1. The van der Waals surface area contributed by atoms with Crippen LogP contribution in [-0.4, -0.2) is 121 Å². The van der Waals surface area contributed by atoms with Crippen molar-refractivity contribution in [2.45, 2.75) is 89.8 Å². The third kappa shape index (κ3) is 6.54.